The topological polar surface area (TPSA) is 64.6 Å². The van der Waals surface area contributed by atoms with Gasteiger partial charge in [0.05, 0.1) is 22.6 Å². The van der Waals surface area contributed by atoms with Crippen LogP contribution in [-0.4, -0.2) is 24.0 Å². The molecule has 0 aliphatic rings. The van der Waals surface area contributed by atoms with Gasteiger partial charge in [0.1, 0.15) is 11.4 Å². The SMILES string of the molecule is Oc1cccc2c3ccccc3n3cc(Oc4[c-]c(-n5c6ccccc6c6cccnc65)ccc4)nc3c12.[Pt]. The Labute approximate surface area is 237 Å². The quantitative estimate of drug-likeness (QED) is 0.155. The van der Waals surface area contributed by atoms with Gasteiger partial charge in [-0.2, -0.15) is 11.1 Å². The van der Waals surface area contributed by atoms with Gasteiger partial charge in [-0.25, -0.2) is 4.98 Å². The summed E-state index contributed by atoms with van der Waals surface area (Å²) >= 11 is 0. The van der Waals surface area contributed by atoms with Crippen molar-refractivity contribution in [2.45, 2.75) is 0 Å². The van der Waals surface area contributed by atoms with Gasteiger partial charge < -0.3 is 14.4 Å². The van der Waals surface area contributed by atoms with Crippen molar-refractivity contribution in [1.82, 2.24) is 18.9 Å². The molecular weight excluding hydrogens is 667 g/mol. The first-order valence-corrected chi connectivity index (χ1v) is 12.3. The van der Waals surface area contributed by atoms with Crippen molar-refractivity contribution in [3.8, 4) is 23.1 Å². The van der Waals surface area contributed by atoms with Crippen LogP contribution in [0, 0.1) is 6.07 Å². The zero-order valence-electron chi connectivity index (χ0n) is 20.4. The van der Waals surface area contributed by atoms with E-state index in [0.29, 0.717) is 22.7 Å². The fourth-order valence-electron chi connectivity index (χ4n) is 5.46. The predicted octanol–water partition coefficient (Wildman–Crippen LogP) is 7.43. The Morgan fingerprint density at radius 2 is 1.41 bits per heavy atom. The number of para-hydroxylation sites is 2. The third kappa shape index (κ3) is 3.53. The number of phenols is 1. The van der Waals surface area contributed by atoms with Crippen molar-refractivity contribution in [3.63, 3.8) is 0 Å². The average molecular weight is 687 g/mol. The van der Waals surface area contributed by atoms with Crippen LogP contribution in [-0.2, 0) is 21.1 Å². The number of fused-ring (bicyclic) bond motifs is 9. The van der Waals surface area contributed by atoms with E-state index in [4.69, 9.17) is 9.72 Å². The van der Waals surface area contributed by atoms with Crippen LogP contribution in [0.5, 0.6) is 17.4 Å². The summed E-state index contributed by atoms with van der Waals surface area (Å²) in [4.78, 5) is 9.45. The molecule has 1 N–H and O–H groups in total. The summed E-state index contributed by atoms with van der Waals surface area (Å²) in [5, 5.41) is 15.6. The van der Waals surface area contributed by atoms with Crippen molar-refractivity contribution < 1.29 is 30.9 Å². The molecule has 6 nitrogen and oxygen atoms in total. The van der Waals surface area contributed by atoms with Crippen molar-refractivity contribution in [3.05, 3.63) is 116 Å². The van der Waals surface area contributed by atoms with Crippen LogP contribution in [0.15, 0.2) is 109 Å². The summed E-state index contributed by atoms with van der Waals surface area (Å²) in [6.45, 7) is 0. The summed E-state index contributed by atoms with van der Waals surface area (Å²) in [6, 6.07) is 35.1. The number of pyridine rings is 2. The molecule has 4 heterocycles. The molecule has 8 aromatic rings. The molecule has 0 aliphatic carbocycles. The van der Waals surface area contributed by atoms with Gasteiger partial charge in [-0.3, -0.25) is 4.40 Å². The van der Waals surface area contributed by atoms with Crippen LogP contribution in [0.4, 0.5) is 0 Å². The van der Waals surface area contributed by atoms with Crippen LogP contribution in [0.25, 0.3) is 54.9 Å². The van der Waals surface area contributed by atoms with Gasteiger partial charge in [-0.05, 0) is 35.7 Å². The monoisotopic (exact) mass is 686 g/mol. The van der Waals surface area contributed by atoms with Crippen LogP contribution < -0.4 is 4.74 Å². The third-order valence-corrected chi connectivity index (χ3v) is 7.05. The van der Waals surface area contributed by atoms with E-state index in [1.165, 1.54) is 0 Å². The summed E-state index contributed by atoms with van der Waals surface area (Å²) in [7, 11) is 0. The van der Waals surface area contributed by atoms with Crippen molar-refractivity contribution in [1.29, 1.82) is 0 Å². The van der Waals surface area contributed by atoms with Crippen LogP contribution in [0.2, 0.25) is 0 Å². The molecule has 39 heavy (non-hydrogen) atoms. The minimum absolute atomic E-state index is 0. The molecule has 0 spiro atoms. The first kappa shape index (κ1) is 23.4. The van der Waals surface area contributed by atoms with E-state index < -0.39 is 0 Å². The van der Waals surface area contributed by atoms with Gasteiger partial charge in [-0.1, -0.05) is 54.2 Å². The van der Waals surface area contributed by atoms with Crippen LogP contribution in [0.1, 0.15) is 0 Å². The van der Waals surface area contributed by atoms with Gasteiger partial charge in [0, 0.05) is 49.2 Å². The Kier molecular flexibility index (Phi) is 5.39. The summed E-state index contributed by atoms with van der Waals surface area (Å²) in [5.74, 6) is 1.13. The molecule has 0 saturated carbocycles. The van der Waals surface area contributed by atoms with E-state index in [1.807, 2.05) is 83.4 Å². The fourth-order valence-corrected chi connectivity index (χ4v) is 5.46. The van der Waals surface area contributed by atoms with E-state index in [1.54, 1.807) is 12.3 Å². The normalized spacial score (nSPS) is 11.5. The minimum atomic E-state index is 0. The smallest absolute Gasteiger partial charge is 0.236 e. The number of phenolic OH excluding ortho intramolecular Hbond substituents is 1. The number of hydrogen-bond acceptors (Lipinski definition) is 4. The van der Waals surface area contributed by atoms with Crippen LogP contribution in [0.3, 0.4) is 0 Å². The Hall–Kier alpha value is -4.67. The molecule has 8 rings (SSSR count). The second kappa shape index (κ2) is 8.97. The molecule has 0 saturated heterocycles. The molecule has 7 heteroatoms. The molecule has 0 fully saturated rings. The Morgan fingerprint density at radius 3 is 2.28 bits per heavy atom. The summed E-state index contributed by atoms with van der Waals surface area (Å²) in [5.41, 5.74) is 4.36. The number of nitrogens with zero attached hydrogens (tertiary/aromatic N) is 4. The van der Waals surface area contributed by atoms with Gasteiger partial charge in [0.2, 0.25) is 5.88 Å². The third-order valence-electron chi connectivity index (χ3n) is 7.05. The molecule has 4 aromatic heterocycles. The van der Waals surface area contributed by atoms with Crippen molar-refractivity contribution in [2.75, 3.05) is 0 Å². The molecule has 0 aliphatic heterocycles. The van der Waals surface area contributed by atoms with Gasteiger partial charge in [0.15, 0.2) is 5.65 Å². The number of aromatic hydroxyl groups is 1. The molecule has 190 valence electrons. The summed E-state index contributed by atoms with van der Waals surface area (Å²) < 4.78 is 10.3. The second-order valence-electron chi connectivity index (χ2n) is 9.22. The number of benzene rings is 4. The maximum absolute atomic E-state index is 10.7. The number of imidazole rings is 1. The van der Waals surface area contributed by atoms with Crippen LogP contribution >= 0.6 is 0 Å². The number of rotatable bonds is 3. The maximum atomic E-state index is 10.7. The van der Waals surface area contributed by atoms with E-state index in [9.17, 15) is 5.11 Å². The fraction of sp³-hybridized carbons (Fsp3) is 0. The van der Waals surface area contributed by atoms with E-state index in [0.717, 1.165) is 43.9 Å². The second-order valence-corrected chi connectivity index (χ2v) is 9.22. The summed E-state index contributed by atoms with van der Waals surface area (Å²) in [6.07, 6.45) is 3.66. The molecule has 0 radical (unpaired) electrons. The zero-order chi connectivity index (χ0) is 25.2. The maximum Gasteiger partial charge on any atom is 0.236 e. The predicted molar refractivity (Wildman–Crippen MR) is 149 cm³/mol. The number of hydrogen-bond donors (Lipinski definition) is 1. The van der Waals surface area contributed by atoms with E-state index in [-0.39, 0.29) is 26.8 Å². The molecule has 0 amide bonds. The van der Waals surface area contributed by atoms with Gasteiger partial charge in [0.25, 0.3) is 0 Å². The van der Waals surface area contributed by atoms with Gasteiger partial charge in [-0.15, -0.1) is 18.2 Å². The Bertz CT molecular complexity index is 2150. The molecule has 0 bridgehead atoms. The Balaban J connectivity index is 0.00000253. The van der Waals surface area contributed by atoms with Crippen molar-refractivity contribution >= 4 is 49.3 Å². The number of ether oxygens (including phenoxy) is 1. The first-order chi connectivity index (χ1) is 18.8. The first-order valence-electron chi connectivity index (χ1n) is 12.3. The molecule has 0 atom stereocenters. The number of aromatic nitrogens is 4. The average Bonchev–Trinajstić information content (AvgIpc) is 3.53. The minimum Gasteiger partial charge on any atom is -0.507 e. The standard InChI is InChI=1S/C32H19N4O2.Pt/c37-28-16-6-12-24-22-10-1-3-14-26(22)35-19-29(34-32(35)30(24)28)38-21-9-5-8-20(18-21)36-27-15-4-2-11-23(27)25-13-7-17-33-31(25)36;/h1-17,19,37H;/q-1;. The molecular formula is C32H19N4O2Pt-. The van der Waals surface area contributed by atoms with Crippen molar-refractivity contribution in [2.24, 2.45) is 0 Å². The van der Waals surface area contributed by atoms with E-state index in [2.05, 4.69) is 33.8 Å². The zero-order valence-corrected chi connectivity index (χ0v) is 22.6. The largest absolute Gasteiger partial charge is 0.507 e. The molecule has 4 aromatic carbocycles. The van der Waals surface area contributed by atoms with E-state index >= 15 is 0 Å². The van der Waals surface area contributed by atoms with Gasteiger partial charge >= 0.3 is 0 Å². The Morgan fingerprint density at radius 1 is 0.692 bits per heavy atom. The molecule has 0 unspecified atom stereocenters.